The van der Waals surface area contributed by atoms with Crippen LogP contribution in [-0.2, 0) is 19.6 Å². The van der Waals surface area contributed by atoms with Crippen molar-refractivity contribution < 1.29 is 27.9 Å². The number of ether oxygens (including phenoxy) is 1. The zero-order valence-electron chi connectivity index (χ0n) is 10.4. The van der Waals surface area contributed by atoms with E-state index in [1.807, 2.05) is 0 Å². The lowest BCUT2D eigenvalue weighted by Gasteiger charge is -2.26. The van der Waals surface area contributed by atoms with E-state index in [0.717, 1.165) is 0 Å². The first-order chi connectivity index (χ1) is 8.72. The van der Waals surface area contributed by atoms with Gasteiger partial charge in [-0.2, -0.15) is 0 Å². The van der Waals surface area contributed by atoms with E-state index >= 15 is 0 Å². The summed E-state index contributed by atoms with van der Waals surface area (Å²) in [6.07, 6.45) is 0. The fraction of sp³-hybridized carbons (Fsp3) is 0.778. The Kier molecular flexibility index (Phi) is 5.09. The number of nitrogens with two attached hydrogens (primary N) is 1. The van der Waals surface area contributed by atoms with Crippen LogP contribution in [0.25, 0.3) is 0 Å². The van der Waals surface area contributed by atoms with Crippen molar-refractivity contribution in [1.82, 2.24) is 10.2 Å². The Morgan fingerprint density at radius 3 is 2.63 bits per heavy atom. The summed E-state index contributed by atoms with van der Waals surface area (Å²) < 4.78 is 26.4. The van der Waals surface area contributed by atoms with E-state index in [1.165, 1.54) is 11.9 Å². The van der Waals surface area contributed by atoms with Gasteiger partial charge in [0.25, 0.3) is 0 Å². The number of carboxylic acids is 1. The second-order valence-corrected chi connectivity index (χ2v) is 5.99. The monoisotopic (exact) mass is 295 g/mol. The number of nitrogens with one attached hydrogen (secondary N) is 1. The maximum absolute atomic E-state index is 11.7. The molecule has 110 valence electrons. The number of likely N-dealkylation sites (N-methyl/N-ethyl adjacent to an activating group) is 1. The molecule has 1 rings (SSSR count). The molecule has 1 aliphatic heterocycles. The lowest BCUT2D eigenvalue weighted by Crippen LogP contribution is -2.49. The van der Waals surface area contributed by atoms with Crippen LogP contribution in [0, 0.1) is 5.92 Å². The number of amides is 2. The van der Waals surface area contributed by atoms with Gasteiger partial charge in [-0.3, -0.25) is 4.79 Å². The quantitative estimate of drug-likeness (QED) is 0.537. The van der Waals surface area contributed by atoms with Crippen molar-refractivity contribution in [2.45, 2.75) is 6.04 Å². The molecular weight excluding hydrogens is 278 g/mol. The Labute approximate surface area is 110 Å². The highest BCUT2D eigenvalue weighted by atomic mass is 32.2. The molecule has 0 aliphatic carbocycles. The lowest BCUT2D eigenvalue weighted by molar-refractivity contribution is -0.142. The van der Waals surface area contributed by atoms with E-state index in [9.17, 15) is 18.0 Å². The zero-order valence-corrected chi connectivity index (χ0v) is 11.2. The highest BCUT2D eigenvalue weighted by Crippen LogP contribution is 2.18. The number of carbonyl (C=O) groups is 2. The third-order valence-corrected chi connectivity index (χ3v) is 3.62. The Hall–Kier alpha value is -1.39. The standard InChI is InChI=1S/C9H17N3O6S/c1-12(7-5-18-4-6(7)8(13)14)9(15)11-2-3-19(10,16)17/h6-7H,2-5H2,1H3,(H,11,15)(H,13,14)(H2,10,16,17). The summed E-state index contributed by atoms with van der Waals surface area (Å²) in [5, 5.41) is 16.1. The van der Waals surface area contributed by atoms with Crippen molar-refractivity contribution in [2.75, 3.05) is 32.6 Å². The molecule has 0 radical (unpaired) electrons. The fourth-order valence-corrected chi connectivity index (χ4v) is 2.12. The summed E-state index contributed by atoms with van der Waals surface area (Å²) in [6, 6.07) is -1.14. The van der Waals surface area contributed by atoms with Gasteiger partial charge in [-0.15, -0.1) is 0 Å². The van der Waals surface area contributed by atoms with Gasteiger partial charge in [0.05, 0.1) is 25.0 Å². The molecule has 10 heteroatoms. The minimum Gasteiger partial charge on any atom is -0.481 e. The molecule has 1 aliphatic rings. The van der Waals surface area contributed by atoms with Gasteiger partial charge in [-0.1, -0.05) is 0 Å². The molecule has 0 saturated carbocycles. The molecule has 2 atom stereocenters. The maximum atomic E-state index is 11.7. The fourth-order valence-electron chi connectivity index (χ4n) is 1.74. The third-order valence-electron chi connectivity index (χ3n) is 2.85. The van der Waals surface area contributed by atoms with Crippen LogP contribution in [0.4, 0.5) is 4.79 Å². The molecule has 4 N–H and O–H groups in total. The van der Waals surface area contributed by atoms with E-state index in [0.29, 0.717) is 0 Å². The maximum Gasteiger partial charge on any atom is 0.317 e. The number of primary sulfonamides is 1. The van der Waals surface area contributed by atoms with Crippen molar-refractivity contribution >= 4 is 22.0 Å². The molecule has 1 fully saturated rings. The first kappa shape index (κ1) is 15.7. The summed E-state index contributed by atoms with van der Waals surface area (Å²) in [5.41, 5.74) is 0. The average molecular weight is 295 g/mol. The molecular formula is C9H17N3O6S. The Morgan fingerprint density at radius 2 is 2.11 bits per heavy atom. The van der Waals surface area contributed by atoms with Gasteiger partial charge in [0, 0.05) is 13.6 Å². The van der Waals surface area contributed by atoms with Crippen LogP contribution in [0.15, 0.2) is 0 Å². The molecule has 0 aromatic rings. The minimum absolute atomic E-state index is 0.0504. The number of aliphatic carboxylic acids is 1. The lowest BCUT2D eigenvalue weighted by atomic mass is 10.0. The highest BCUT2D eigenvalue weighted by molar-refractivity contribution is 7.89. The van der Waals surface area contributed by atoms with E-state index in [4.69, 9.17) is 15.0 Å². The van der Waals surface area contributed by atoms with Crippen LogP contribution < -0.4 is 10.5 Å². The van der Waals surface area contributed by atoms with Crippen LogP contribution >= 0.6 is 0 Å². The van der Waals surface area contributed by atoms with Gasteiger partial charge in [-0.25, -0.2) is 18.4 Å². The normalized spacial score (nSPS) is 23.1. The van der Waals surface area contributed by atoms with Crippen LogP contribution in [0.5, 0.6) is 0 Å². The van der Waals surface area contributed by atoms with E-state index in [1.54, 1.807) is 0 Å². The molecule has 2 unspecified atom stereocenters. The van der Waals surface area contributed by atoms with Crippen molar-refractivity contribution in [1.29, 1.82) is 0 Å². The number of carbonyl (C=O) groups excluding carboxylic acids is 1. The first-order valence-electron chi connectivity index (χ1n) is 5.54. The van der Waals surface area contributed by atoms with Crippen LogP contribution in [0.2, 0.25) is 0 Å². The Bertz CT molecular complexity index is 451. The van der Waals surface area contributed by atoms with Crippen LogP contribution in [0.1, 0.15) is 0 Å². The number of hydrogen-bond donors (Lipinski definition) is 3. The topological polar surface area (TPSA) is 139 Å². The molecule has 0 aromatic heterocycles. The van der Waals surface area contributed by atoms with Crippen molar-refractivity contribution in [2.24, 2.45) is 11.1 Å². The zero-order chi connectivity index (χ0) is 14.6. The number of hydrogen-bond acceptors (Lipinski definition) is 5. The van der Waals surface area contributed by atoms with Gasteiger partial charge in [0.2, 0.25) is 10.0 Å². The second-order valence-electron chi connectivity index (χ2n) is 4.26. The smallest absolute Gasteiger partial charge is 0.317 e. The van der Waals surface area contributed by atoms with Gasteiger partial charge in [0.1, 0.15) is 5.92 Å². The van der Waals surface area contributed by atoms with Crippen molar-refractivity contribution in [3.63, 3.8) is 0 Å². The molecule has 2 amide bonds. The number of nitrogens with zero attached hydrogens (tertiary/aromatic N) is 1. The van der Waals surface area contributed by atoms with Gasteiger partial charge in [-0.05, 0) is 0 Å². The molecule has 19 heavy (non-hydrogen) atoms. The van der Waals surface area contributed by atoms with Gasteiger partial charge < -0.3 is 20.1 Å². The van der Waals surface area contributed by atoms with Crippen LogP contribution in [-0.4, -0.2) is 69.0 Å². The number of sulfonamides is 1. The summed E-state index contributed by atoms with van der Waals surface area (Å²) in [4.78, 5) is 23.9. The van der Waals surface area contributed by atoms with Crippen molar-refractivity contribution in [3.8, 4) is 0 Å². The number of rotatable bonds is 5. The van der Waals surface area contributed by atoms with E-state index in [2.05, 4.69) is 5.32 Å². The van der Waals surface area contributed by atoms with E-state index in [-0.39, 0.29) is 25.5 Å². The SMILES string of the molecule is CN(C(=O)NCCS(N)(=O)=O)C1COCC1C(=O)O. The predicted molar refractivity (Wildman–Crippen MR) is 64.9 cm³/mol. The molecule has 0 aromatic carbocycles. The molecule has 0 spiro atoms. The second kappa shape index (κ2) is 6.17. The first-order valence-corrected chi connectivity index (χ1v) is 7.25. The number of urea groups is 1. The third kappa shape index (κ3) is 4.65. The molecule has 1 saturated heterocycles. The van der Waals surface area contributed by atoms with E-state index < -0.39 is 34.0 Å². The summed E-state index contributed by atoms with van der Waals surface area (Å²) in [7, 11) is -2.21. The minimum atomic E-state index is -3.64. The largest absolute Gasteiger partial charge is 0.481 e. The number of carboxylic acid groups (broad SMARTS) is 1. The summed E-state index contributed by atoms with van der Waals surface area (Å²) in [6.45, 7) is 0.0538. The molecule has 0 bridgehead atoms. The predicted octanol–water partition coefficient (Wildman–Crippen LogP) is -1.98. The van der Waals surface area contributed by atoms with Crippen molar-refractivity contribution in [3.05, 3.63) is 0 Å². The Balaban J connectivity index is 2.50. The molecule has 9 nitrogen and oxygen atoms in total. The van der Waals surface area contributed by atoms with Gasteiger partial charge >= 0.3 is 12.0 Å². The highest BCUT2D eigenvalue weighted by Gasteiger charge is 2.38. The molecule has 1 heterocycles. The summed E-state index contributed by atoms with van der Waals surface area (Å²) in [5.74, 6) is -2.20. The average Bonchev–Trinajstić information content (AvgIpc) is 2.74. The van der Waals surface area contributed by atoms with Crippen LogP contribution in [0.3, 0.4) is 0 Å². The van der Waals surface area contributed by atoms with Gasteiger partial charge in [0.15, 0.2) is 0 Å². The summed E-state index contributed by atoms with van der Waals surface area (Å²) >= 11 is 0. The Morgan fingerprint density at radius 1 is 1.47 bits per heavy atom.